The largest absolute Gasteiger partial charge is 0.478 e. The van der Waals surface area contributed by atoms with Crippen LogP contribution in [0.25, 0.3) is 11.0 Å². The maximum atomic E-state index is 11.1. The molecule has 0 aliphatic carbocycles. The molecule has 0 aliphatic rings. The highest BCUT2D eigenvalue weighted by Crippen LogP contribution is 2.23. The van der Waals surface area contributed by atoms with Crippen LogP contribution in [-0.4, -0.2) is 20.6 Å². The molecule has 0 atom stereocenters. The predicted molar refractivity (Wildman–Crippen MR) is 61.8 cm³/mol. The maximum absolute atomic E-state index is 11.1. The van der Waals surface area contributed by atoms with Crippen LogP contribution in [-0.2, 0) is 0 Å². The Morgan fingerprint density at radius 1 is 1.44 bits per heavy atom. The van der Waals surface area contributed by atoms with Gasteiger partial charge in [0.1, 0.15) is 11.3 Å². The van der Waals surface area contributed by atoms with Crippen molar-refractivity contribution < 1.29 is 9.90 Å². The van der Waals surface area contributed by atoms with Gasteiger partial charge in [-0.25, -0.2) is 9.78 Å². The molecule has 1 aromatic heterocycles. The summed E-state index contributed by atoms with van der Waals surface area (Å²) in [6.45, 7) is 6.01. The van der Waals surface area contributed by atoms with Gasteiger partial charge in [-0.3, -0.25) is 0 Å². The molecule has 1 aromatic carbocycles. The van der Waals surface area contributed by atoms with Crippen molar-refractivity contribution in [2.75, 3.05) is 0 Å². The second-order valence-electron chi connectivity index (χ2n) is 4.10. The Labute approximate surface area is 93.5 Å². The van der Waals surface area contributed by atoms with Crippen LogP contribution in [0.15, 0.2) is 18.2 Å². The minimum atomic E-state index is -0.931. The normalized spacial score (nSPS) is 11.2. The number of carboxylic acid groups (broad SMARTS) is 1. The van der Waals surface area contributed by atoms with Gasteiger partial charge in [-0.05, 0) is 32.9 Å². The molecule has 0 aliphatic heterocycles. The first-order valence-electron chi connectivity index (χ1n) is 5.23. The van der Waals surface area contributed by atoms with E-state index < -0.39 is 5.97 Å². The SMILES string of the molecule is Cc1nc2c(C(=O)O)cccc2n1C(C)C. The standard InChI is InChI=1S/C12H14N2O2/c1-7(2)14-8(3)13-11-9(12(15)16)5-4-6-10(11)14/h4-7H,1-3H3,(H,15,16). The van der Waals surface area contributed by atoms with Crippen LogP contribution in [0.2, 0.25) is 0 Å². The minimum absolute atomic E-state index is 0.264. The van der Waals surface area contributed by atoms with Gasteiger partial charge in [0.2, 0.25) is 0 Å². The first-order valence-corrected chi connectivity index (χ1v) is 5.23. The summed E-state index contributed by atoms with van der Waals surface area (Å²) in [7, 11) is 0. The highest BCUT2D eigenvalue weighted by molar-refractivity contribution is 6.01. The van der Waals surface area contributed by atoms with Crippen LogP contribution in [0.5, 0.6) is 0 Å². The maximum Gasteiger partial charge on any atom is 0.337 e. The fourth-order valence-electron chi connectivity index (χ4n) is 2.06. The Hall–Kier alpha value is -1.84. The molecule has 84 valence electrons. The average molecular weight is 218 g/mol. The van der Waals surface area contributed by atoms with Gasteiger partial charge in [-0.1, -0.05) is 6.07 Å². The highest BCUT2D eigenvalue weighted by atomic mass is 16.4. The third kappa shape index (κ3) is 1.46. The molecule has 2 aromatic rings. The molecular weight excluding hydrogens is 204 g/mol. The van der Waals surface area contributed by atoms with Crippen molar-refractivity contribution in [3.8, 4) is 0 Å². The average Bonchev–Trinajstić information content (AvgIpc) is 2.52. The molecule has 4 nitrogen and oxygen atoms in total. The Kier molecular flexibility index (Phi) is 2.42. The molecule has 0 radical (unpaired) electrons. The van der Waals surface area contributed by atoms with Crippen molar-refractivity contribution >= 4 is 17.0 Å². The summed E-state index contributed by atoms with van der Waals surface area (Å²) in [5.41, 5.74) is 1.72. The number of hydrogen-bond acceptors (Lipinski definition) is 2. The Bertz CT molecular complexity index is 555. The second kappa shape index (κ2) is 3.63. The number of carbonyl (C=O) groups is 1. The van der Waals surface area contributed by atoms with Crippen molar-refractivity contribution in [2.45, 2.75) is 26.8 Å². The lowest BCUT2D eigenvalue weighted by Gasteiger charge is -2.10. The lowest BCUT2D eigenvalue weighted by Crippen LogP contribution is -2.02. The van der Waals surface area contributed by atoms with E-state index in [0.29, 0.717) is 5.52 Å². The molecule has 0 bridgehead atoms. The van der Waals surface area contributed by atoms with E-state index in [2.05, 4.69) is 18.8 Å². The minimum Gasteiger partial charge on any atom is -0.478 e. The summed E-state index contributed by atoms with van der Waals surface area (Å²) in [5.74, 6) is -0.0855. The highest BCUT2D eigenvalue weighted by Gasteiger charge is 2.15. The molecule has 2 rings (SSSR count). The number of imidazole rings is 1. The number of fused-ring (bicyclic) bond motifs is 1. The van der Waals surface area contributed by atoms with Crippen molar-refractivity contribution in [3.63, 3.8) is 0 Å². The topological polar surface area (TPSA) is 55.1 Å². The number of nitrogens with zero attached hydrogens (tertiary/aromatic N) is 2. The number of aromatic carboxylic acids is 1. The van der Waals surface area contributed by atoms with Gasteiger partial charge in [-0.15, -0.1) is 0 Å². The van der Waals surface area contributed by atoms with Crippen LogP contribution in [0.1, 0.15) is 36.1 Å². The molecule has 1 heterocycles. The number of hydrogen-bond donors (Lipinski definition) is 1. The predicted octanol–water partition coefficient (Wildman–Crippen LogP) is 2.62. The van der Waals surface area contributed by atoms with Crippen molar-refractivity contribution in [3.05, 3.63) is 29.6 Å². The third-order valence-electron chi connectivity index (χ3n) is 2.64. The quantitative estimate of drug-likeness (QED) is 0.843. The fourth-order valence-corrected chi connectivity index (χ4v) is 2.06. The van der Waals surface area contributed by atoms with E-state index in [4.69, 9.17) is 5.11 Å². The fraction of sp³-hybridized carbons (Fsp3) is 0.333. The van der Waals surface area contributed by atoms with E-state index in [-0.39, 0.29) is 11.6 Å². The summed E-state index contributed by atoms with van der Waals surface area (Å²) < 4.78 is 2.04. The lowest BCUT2D eigenvalue weighted by molar-refractivity contribution is 0.0699. The van der Waals surface area contributed by atoms with Crippen molar-refractivity contribution in [1.82, 2.24) is 9.55 Å². The zero-order valence-corrected chi connectivity index (χ0v) is 9.56. The molecule has 4 heteroatoms. The molecule has 0 saturated carbocycles. The summed E-state index contributed by atoms with van der Waals surface area (Å²) in [4.78, 5) is 15.4. The molecule has 0 fully saturated rings. The molecule has 1 N–H and O–H groups in total. The zero-order valence-electron chi connectivity index (χ0n) is 9.56. The van der Waals surface area contributed by atoms with E-state index in [1.54, 1.807) is 12.1 Å². The molecule has 16 heavy (non-hydrogen) atoms. The second-order valence-corrected chi connectivity index (χ2v) is 4.10. The molecule has 0 amide bonds. The van der Waals surface area contributed by atoms with Gasteiger partial charge in [0, 0.05) is 6.04 Å². The van der Waals surface area contributed by atoms with Gasteiger partial charge >= 0.3 is 5.97 Å². The van der Waals surface area contributed by atoms with Gasteiger partial charge < -0.3 is 9.67 Å². The molecule has 0 unspecified atom stereocenters. The Balaban J connectivity index is 2.83. The van der Waals surface area contributed by atoms with E-state index in [9.17, 15) is 4.79 Å². The van der Waals surface area contributed by atoms with Crippen molar-refractivity contribution in [1.29, 1.82) is 0 Å². The zero-order chi connectivity index (χ0) is 11.9. The first-order chi connectivity index (χ1) is 7.52. The van der Waals surface area contributed by atoms with Crippen LogP contribution in [0.3, 0.4) is 0 Å². The summed E-state index contributed by atoms with van der Waals surface area (Å²) in [5, 5.41) is 9.07. The molecule has 0 spiro atoms. The third-order valence-corrected chi connectivity index (χ3v) is 2.64. The number of aromatic nitrogens is 2. The summed E-state index contributed by atoms with van der Waals surface area (Å²) >= 11 is 0. The number of aryl methyl sites for hydroxylation is 1. The van der Waals surface area contributed by atoms with Crippen LogP contribution >= 0.6 is 0 Å². The van der Waals surface area contributed by atoms with E-state index in [1.165, 1.54) is 0 Å². The van der Waals surface area contributed by atoms with Gasteiger partial charge in [0.05, 0.1) is 11.1 Å². The van der Waals surface area contributed by atoms with Crippen LogP contribution in [0.4, 0.5) is 0 Å². The molecular formula is C12H14N2O2. The van der Waals surface area contributed by atoms with Crippen LogP contribution in [0, 0.1) is 6.92 Å². The summed E-state index contributed by atoms with van der Waals surface area (Å²) in [6, 6.07) is 5.52. The number of para-hydroxylation sites is 1. The Morgan fingerprint density at radius 2 is 2.12 bits per heavy atom. The smallest absolute Gasteiger partial charge is 0.337 e. The van der Waals surface area contributed by atoms with Gasteiger partial charge in [0.25, 0.3) is 0 Å². The van der Waals surface area contributed by atoms with E-state index in [1.807, 2.05) is 17.6 Å². The Morgan fingerprint density at radius 3 is 2.69 bits per heavy atom. The number of rotatable bonds is 2. The number of carboxylic acids is 1. The van der Waals surface area contributed by atoms with Gasteiger partial charge in [-0.2, -0.15) is 0 Å². The first kappa shape index (κ1) is 10.7. The van der Waals surface area contributed by atoms with E-state index in [0.717, 1.165) is 11.3 Å². The summed E-state index contributed by atoms with van der Waals surface area (Å²) in [6.07, 6.45) is 0. The lowest BCUT2D eigenvalue weighted by atomic mass is 10.2. The number of benzene rings is 1. The van der Waals surface area contributed by atoms with Crippen molar-refractivity contribution in [2.24, 2.45) is 0 Å². The van der Waals surface area contributed by atoms with Crippen LogP contribution < -0.4 is 0 Å². The van der Waals surface area contributed by atoms with Gasteiger partial charge in [0.15, 0.2) is 0 Å². The molecule has 0 saturated heterocycles. The van der Waals surface area contributed by atoms with E-state index >= 15 is 0 Å². The monoisotopic (exact) mass is 218 g/mol.